The Labute approximate surface area is 642 Å². The Kier molecular flexibility index (Phi) is 11.8. The summed E-state index contributed by atoms with van der Waals surface area (Å²) in [6.45, 7) is -0.834. The van der Waals surface area contributed by atoms with Gasteiger partial charge in [0.2, 0.25) is 0 Å². The van der Waals surface area contributed by atoms with E-state index in [1.165, 1.54) is 0 Å². The minimum Gasteiger partial charge on any atom is -0.310 e. The number of rotatable bonds is 12. The molecule has 0 N–H and O–H groups in total. The average molecular weight is 1370 g/mol. The number of anilines is 6. The lowest BCUT2D eigenvalue weighted by atomic mass is 9.33. The SMILES string of the molecule is [2H]c1c([2H])c([2H])c(-c2ccc3c(c2)B2c4ccc(-c5cccc6c5C(c5ccccc5)(c5ccccc5)c5ccccc5-6)cc4N(c4c(-c5ccccc5)cc(-c5ccccc5)cc4-c4ccccc4)c4cc(-n5c6c([2H])c([2H])c([2H])c([2H])c6c6c([2H])c([2H])c([2H])c([2H])c65)cc(c42)N3c2c(-c3ccccc3)cccc2-c2ccccc2)c([2H])c1[2H]. The third kappa shape index (κ3) is 9.76. The first-order valence-corrected chi connectivity index (χ1v) is 36.1. The smallest absolute Gasteiger partial charge is 0.252 e. The summed E-state index contributed by atoms with van der Waals surface area (Å²) < 4.78 is 127. The van der Waals surface area contributed by atoms with Crippen molar-refractivity contribution in [1.29, 1.82) is 0 Å². The molecule has 3 nitrogen and oxygen atoms in total. The molecule has 0 fully saturated rings. The predicted octanol–water partition coefficient (Wildman–Crippen LogP) is 24.9. The van der Waals surface area contributed by atoms with E-state index in [1.54, 1.807) is 4.57 Å². The van der Waals surface area contributed by atoms with Gasteiger partial charge in [0, 0.05) is 55.8 Å². The molecule has 0 unspecified atom stereocenters. The third-order valence-electron chi connectivity index (χ3n) is 22.0. The van der Waals surface area contributed by atoms with Crippen molar-refractivity contribution in [2.24, 2.45) is 0 Å². The van der Waals surface area contributed by atoms with Crippen molar-refractivity contribution < 1.29 is 17.8 Å². The Morgan fingerprint density at radius 1 is 0.262 bits per heavy atom. The first kappa shape index (κ1) is 49.8. The molecule has 18 aromatic rings. The van der Waals surface area contributed by atoms with E-state index < -0.39 is 78.6 Å². The Hall–Kier alpha value is -13.8. The van der Waals surface area contributed by atoms with Gasteiger partial charge < -0.3 is 14.4 Å². The number of para-hydroxylation sites is 3. The fourth-order valence-corrected chi connectivity index (χ4v) is 17.6. The summed E-state index contributed by atoms with van der Waals surface area (Å²) >= 11 is 0. The zero-order valence-corrected chi connectivity index (χ0v) is 57.7. The fraction of sp³-hybridized carbons (Fsp3) is 0.00971. The molecule has 3 heterocycles. The normalized spacial score (nSPS) is 14.6. The van der Waals surface area contributed by atoms with Crippen LogP contribution >= 0.6 is 0 Å². The first-order chi connectivity index (χ1) is 58.5. The fourth-order valence-electron chi connectivity index (χ4n) is 17.6. The number of hydrogen-bond acceptors (Lipinski definition) is 2. The maximum Gasteiger partial charge on any atom is 0.252 e. The molecule has 0 atom stereocenters. The molecular formula is C103H68BN3. The van der Waals surface area contributed by atoms with Crippen LogP contribution in [-0.4, -0.2) is 11.3 Å². The van der Waals surface area contributed by atoms with Gasteiger partial charge in [0.05, 0.1) is 51.3 Å². The number of hydrogen-bond donors (Lipinski definition) is 0. The number of benzene rings is 17. The number of fused-ring (bicyclic) bond motifs is 10. The molecule has 17 aromatic carbocycles. The molecule has 3 aliphatic rings. The number of nitrogens with zero attached hydrogens (tertiary/aromatic N) is 3. The van der Waals surface area contributed by atoms with Gasteiger partial charge in [0.15, 0.2) is 0 Å². The lowest BCUT2D eigenvalue weighted by molar-refractivity contribution is 0.770. The van der Waals surface area contributed by atoms with Crippen molar-refractivity contribution in [2.75, 3.05) is 9.80 Å². The maximum atomic E-state index is 10.2. The summed E-state index contributed by atoms with van der Waals surface area (Å²) in [6.07, 6.45) is 0. The second-order valence-corrected chi connectivity index (χ2v) is 27.5. The highest BCUT2D eigenvalue weighted by atomic mass is 15.2. The van der Waals surface area contributed by atoms with Gasteiger partial charge in [0.1, 0.15) is 0 Å². The van der Waals surface area contributed by atoms with Crippen molar-refractivity contribution in [3.05, 3.63) is 434 Å². The molecule has 107 heavy (non-hydrogen) atoms. The molecule has 498 valence electrons. The van der Waals surface area contributed by atoms with Gasteiger partial charge >= 0.3 is 0 Å². The van der Waals surface area contributed by atoms with Gasteiger partial charge in [-0.3, -0.25) is 0 Å². The molecule has 0 radical (unpaired) electrons. The summed E-state index contributed by atoms with van der Waals surface area (Å²) in [5.74, 6) is 0. The highest BCUT2D eigenvalue weighted by Gasteiger charge is 2.49. The summed E-state index contributed by atoms with van der Waals surface area (Å²) in [6, 6.07) is 109. The Morgan fingerprint density at radius 3 is 1.26 bits per heavy atom. The molecule has 2 aliphatic heterocycles. The maximum absolute atomic E-state index is 10.2. The van der Waals surface area contributed by atoms with Gasteiger partial charge in [-0.2, -0.15) is 0 Å². The highest BCUT2D eigenvalue weighted by Crippen LogP contribution is 2.60. The van der Waals surface area contributed by atoms with Gasteiger partial charge in [-0.05, 0) is 154 Å². The average Bonchev–Trinajstić information content (AvgIpc) is 1.27. The first-order valence-electron chi connectivity index (χ1n) is 42.6. The lowest BCUT2D eigenvalue weighted by Gasteiger charge is -2.46. The van der Waals surface area contributed by atoms with Crippen LogP contribution in [-0.2, 0) is 5.41 Å². The second-order valence-electron chi connectivity index (χ2n) is 27.5. The van der Waals surface area contributed by atoms with Crippen LogP contribution < -0.4 is 26.2 Å². The van der Waals surface area contributed by atoms with Crippen LogP contribution in [0.25, 0.3) is 117 Å². The monoisotopic (exact) mass is 1370 g/mol. The molecule has 0 bridgehead atoms. The van der Waals surface area contributed by atoms with E-state index >= 15 is 0 Å². The van der Waals surface area contributed by atoms with Crippen molar-refractivity contribution in [3.8, 4) is 94.7 Å². The van der Waals surface area contributed by atoms with E-state index in [2.05, 4.69) is 216 Å². The molecule has 1 aliphatic carbocycles. The molecule has 0 amide bonds. The molecule has 0 saturated heterocycles. The van der Waals surface area contributed by atoms with Crippen LogP contribution in [0.5, 0.6) is 0 Å². The summed E-state index contributed by atoms with van der Waals surface area (Å²) in [7, 11) is 0. The van der Waals surface area contributed by atoms with E-state index in [-0.39, 0.29) is 45.1 Å². The van der Waals surface area contributed by atoms with Crippen LogP contribution in [0.3, 0.4) is 0 Å². The standard InChI is InChI=1S/C103H68BN3/c1-9-33-69(34-10-1)75-60-62-95-92(65-75)104-91-61-59-76(81-52-31-55-87-84-49-25-28-56-90(84)103(99(81)87,78-45-21-7-22-46-78)79-47-23-8-24-48-79)66-96(91)107(102-88(73-41-17-5-18-42-73)63-77(70-35-11-2-12-36-70)64-89(102)74-43-19-6-20-44-74)98-68-80(105-93-57-29-26-50-85(93)86-51-27-30-58-94(86)105)67-97(100(98)104)106(95)101-82(71-37-13-3-14-38-71)53-32-54-83(101)72-39-15-4-16-40-72/h1-68H/i1D,9D,10D,26D,27D,29D,30D,33D,34D,50D,51D,57D,58D. The van der Waals surface area contributed by atoms with Crippen molar-refractivity contribution in [1.82, 2.24) is 4.57 Å². The molecule has 0 spiro atoms. The van der Waals surface area contributed by atoms with E-state index in [9.17, 15) is 16.4 Å². The van der Waals surface area contributed by atoms with E-state index in [4.69, 9.17) is 1.37 Å². The summed E-state index contributed by atoms with van der Waals surface area (Å²) in [5.41, 5.74) is 22.7. The topological polar surface area (TPSA) is 11.4 Å². The largest absolute Gasteiger partial charge is 0.310 e. The molecule has 1 aromatic heterocycles. The van der Waals surface area contributed by atoms with Crippen molar-refractivity contribution in [3.63, 3.8) is 0 Å². The summed E-state index contributed by atoms with van der Waals surface area (Å²) in [5, 5.41) is -0.174. The van der Waals surface area contributed by atoms with Gasteiger partial charge in [0.25, 0.3) is 6.71 Å². The van der Waals surface area contributed by atoms with Gasteiger partial charge in [-0.1, -0.05) is 364 Å². The summed E-state index contributed by atoms with van der Waals surface area (Å²) in [4.78, 5) is 4.60. The van der Waals surface area contributed by atoms with Crippen molar-refractivity contribution in [2.45, 2.75) is 5.41 Å². The Balaban J connectivity index is 0.996. The molecule has 21 rings (SSSR count). The zero-order chi connectivity index (χ0) is 81.8. The highest BCUT2D eigenvalue weighted by molar-refractivity contribution is 7.00. The Bertz CT molecular complexity index is 7060. The third-order valence-corrected chi connectivity index (χ3v) is 22.0. The van der Waals surface area contributed by atoms with Crippen LogP contribution in [0.4, 0.5) is 34.1 Å². The quantitative estimate of drug-likeness (QED) is 0.113. The van der Waals surface area contributed by atoms with Crippen LogP contribution in [0.1, 0.15) is 40.1 Å². The number of aromatic nitrogens is 1. The van der Waals surface area contributed by atoms with Gasteiger partial charge in [-0.25, -0.2) is 0 Å². The molecular weight excluding hydrogens is 1290 g/mol. The van der Waals surface area contributed by atoms with E-state index in [1.807, 2.05) is 127 Å². The minimum absolute atomic E-state index is 0.0117. The molecule has 0 saturated carbocycles. The van der Waals surface area contributed by atoms with Crippen LogP contribution in [0, 0.1) is 0 Å². The van der Waals surface area contributed by atoms with E-state index in [0.717, 1.165) is 117 Å². The lowest BCUT2D eigenvalue weighted by Crippen LogP contribution is -2.61. The van der Waals surface area contributed by atoms with Crippen LogP contribution in [0.2, 0.25) is 0 Å². The molecule has 4 heteroatoms. The van der Waals surface area contributed by atoms with Crippen molar-refractivity contribution >= 4 is 79.0 Å². The Morgan fingerprint density at radius 2 is 0.701 bits per heavy atom. The van der Waals surface area contributed by atoms with E-state index in [0.29, 0.717) is 39.5 Å². The minimum atomic E-state index is -0.877. The zero-order valence-electron chi connectivity index (χ0n) is 70.7. The predicted molar refractivity (Wildman–Crippen MR) is 450 cm³/mol. The van der Waals surface area contributed by atoms with Crippen LogP contribution in [0.15, 0.2) is 412 Å². The van der Waals surface area contributed by atoms with Gasteiger partial charge in [-0.15, -0.1) is 0 Å². The second kappa shape index (κ2) is 25.3.